The third-order valence-electron chi connectivity index (χ3n) is 4.98. The third kappa shape index (κ3) is 5.90. The number of amides is 1. The van der Waals surface area contributed by atoms with Gasteiger partial charge in [-0.15, -0.1) is 0 Å². The lowest BCUT2D eigenvalue weighted by atomic mass is 9.97. The van der Waals surface area contributed by atoms with Gasteiger partial charge in [-0.25, -0.2) is 8.42 Å². The number of hydrogen-bond acceptors (Lipinski definition) is 3. The topological polar surface area (TPSA) is 66.5 Å². The van der Waals surface area contributed by atoms with E-state index in [0.29, 0.717) is 5.92 Å². The summed E-state index contributed by atoms with van der Waals surface area (Å²) in [5, 5.41) is 3.27. The Labute approximate surface area is 195 Å². The first-order chi connectivity index (χ1) is 15.3. The number of carbonyl (C=O) groups is 1. The molecular formula is C25H27ClN2O3S. The van der Waals surface area contributed by atoms with Crippen molar-refractivity contribution in [1.29, 1.82) is 0 Å². The Morgan fingerprint density at radius 1 is 0.906 bits per heavy atom. The summed E-state index contributed by atoms with van der Waals surface area (Å²) in [6, 6.07) is 24.1. The standard InChI is InChI=1S/C25H27ClN2O3S/c1-19(2)17-23(20-11-5-3-6-12-20)27-25(29)18-28(24-16-10-9-15-22(24)26)32(30,31)21-13-7-4-8-14-21/h3-16,19,23H,17-18H2,1-2H3,(H,27,29)/t23-/m1/s1. The summed E-state index contributed by atoms with van der Waals surface area (Å²) in [7, 11) is -4.01. The Morgan fingerprint density at radius 2 is 1.47 bits per heavy atom. The fourth-order valence-corrected chi connectivity index (χ4v) is 5.23. The average Bonchev–Trinajstić information content (AvgIpc) is 2.78. The first kappa shape index (κ1) is 23.8. The number of halogens is 1. The molecule has 0 bridgehead atoms. The largest absolute Gasteiger partial charge is 0.348 e. The van der Waals surface area contributed by atoms with Crippen molar-refractivity contribution in [1.82, 2.24) is 5.32 Å². The molecule has 1 N–H and O–H groups in total. The lowest BCUT2D eigenvalue weighted by Crippen LogP contribution is -2.42. The number of anilines is 1. The van der Waals surface area contributed by atoms with Crippen molar-refractivity contribution in [2.45, 2.75) is 31.2 Å². The van der Waals surface area contributed by atoms with Crippen molar-refractivity contribution in [3.8, 4) is 0 Å². The highest BCUT2D eigenvalue weighted by Gasteiger charge is 2.29. The minimum absolute atomic E-state index is 0.0921. The lowest BCUT2D eigenvalue weighted by Gasteiger charge is -2.27. The Bertz CT molecular complexity index is 1140. The number of para-hydroxylation sites is 1. The van der Waals surface area contributed by atoms with E-state index in [-0.39, 0.29) is 28.2 Å². The minimum atomic E-state index is -4.01. The smallest absolute Gasteiger partial charge is 0.264 e. The van der Waals surface area contributed by atoms with Gasteiger partial charge in [-0.05, 0) is 42.2 Å². The summed E-state index contributed by atoms with van der Waals surface area (Å²) in [6.07, 6.45) is 0.729. The Morgan fingerprint density at radius 3 is 2.06 bits per heavy atom. The van der Waals surface area contributed by atoms with Gasteiger partial charge < -0.3 is 5.32 Å². The van der Waals surface area contributed by atoms with Crippen molar-refractivity contribution in [3.63, 3.8) is 0 Å². The van der Waals surface area contributed by atoms with E-state index in [4.69, 9.17) is 11.6 Å². The number of benzene rings is 3. The van der Waals surface area contributed by atoms with Crippen LogP contribution in [0.1, 0.15) is 31.9 Å². The Kier molecular flexibility index (Phi) is 7.94. The molecule has 0 aliphatic carbocycles. The zero-order valence-corrected chi connectivity index (χ0v) is 19.7. The first-order valence-corrected chi connectivity index (χ1v) is 12.3. The fourth-order valence-electron chi connectivity index (χ4n) is 3.48. The Hall–Kier alpha value is -2.83. The molecule has 0 radical (unpaired) electrons. The molecule has 168 valence electrons. The van der Waals surface area contributed by atoms with Gasteiger partial charge in [0.2, 0.25) is 5.91 Å². The quantitative estimate of drug-likeness (QED) is 0.453. The van der Waals surface area contributed by atoms with Crippen molar-refractivity contribution in [2.75, 3.05) is 10.8 Å². The third-order valence-corrected chi connectivity index (χ3v) is 7.08. The summed E-state index contributed by atoms with van der Waals surface area (Å²) in [4.78, 5) is 13.2. The molecule has 5 nitrogen and oxygen atoms in total. The molecule has 0 aromatic heterocycles. The van der Waals surface area contributed by atoms with Gasteiger partial charge in [-0.1, -0.05) is 86.1 Å². The summed E-state index contributed by atoms with van der Waals surface area (Å²) < 4.78 is 27.9. The zero-order chi connectivity index (χ0) is 23.1. The number of rotatable bonds is 9. The van der Waals surface area contributed by atoms with Gasteiger partial charge in [0.15, 0.2) is 0 Å². The first-order valence-electron chi connectivity index (χ1n) is 10.5. The number of nitrogens with one attached hydrogen (secondary N) is 1. The molecule has 0 saturated heterocycles. The highest BCUT2D eigenvalue weighted by molar-refractivity contribution is 7.92. The van der Waals surface area contributed by atoms with E-state index in [9.17, 15) is 13.2 Å². The van der Waals surface area contributed by atoms with Crippen LogP contribution in [0.4, 0.5) is 5.69 Å². The molecule has 32 heavy (non-hydrogen) atoms. The van der Waals surface area contributed by atoms with Gasteiger partial charge in [-0.3, -0.25) is 9.10 Å². The van der Waals surface area contributed by atoms with Gasteiger partial charge >= 0.3 is 0 Å². The van der Waals surface area contributed by atoms with E-state index in [1.807, 2.05) is 30.3 Å². The maximum Gasteiger partial charge on any atom is 0.264 e. The maximum atomic E-state index is 13.4. The van der Waals surface area contributed by atoms with E-state index in [0.717, 1.165) is 16.3 Å². The fraction of sp³-hybridized carbons (Fsp3) is 0.240. The van der Waals surface area contributed by atoms with Crippen LogP contribution < -0.4 is 9.62 Å². The van der Waals surface area contributed by atoms with Gasteiger partial charge in [0.25, 0.3) is 10.0 Å². The number of nitrogens with zero attached hydrogens (tertiary/aromatic N) is 1. The number of carbonyl (C=O) groups excluding carboxylic acids is 1. The molecule has 3 aromatic carbocycles. The van der Waals surface area contributed by atoms with Crippen LogP contribution in [0.25, 0.3) is 0 Å². The summed E-state index contributed by atoms with van der Waals surface area (Å²) in [5.74, 6) is -0.0628. The Balaban J connectivity index is 1.92. The second kappa shape index (κ2) is 10.7. The van der Waals surface area contributed by atoms with Crippen LogP contribution in [0.3, 0.4) is 0 Å². The van der Waals surface area contributed by atoms with E-state index >= 15 is 0 Å². The van der Waals surface area contributed by atoms with Crippen LogP contribution in [-0.2, 0) is 14.8 Å². The molecule has 0 heterocycles. The molecule has 0 saturated carbocycles. The molecule has 0 unspecified atom stereocenters. The predicted octanol–water partition coefficient (Wildman–Crippen LogP) is 5.44. The van der Waals surface area contributed by atoms with Crippen LogP contribution in [0, 0.1) is 5.92 Å². The minimum Gasteiger partial charge on any atom is -0.348 e. The zero-order valence-electron chi connectivity index (χ0n) is 18.1. The normalized spacial score (nSPS) is 12.4. The monoisotopic (exact) mass is 470 g/mol. The number of sulfonamides is 1. The molecule has 0 aliphatic heterocycles. The SMILES string of the molecule is CC(C)C[C@@H](NC(=O)CN(c1ccccc1Cl)S(=O)(=O)c1ccccc1)c1ccccc1. The summed E-state index contributed by atoms with van der Waals surface area (Å²) in [6.45, 7) is 3.78. The molecular weight excluding hydrogens is 444 g/mol. The summed E-state index contributed by atoms with van der Waals surface area (Å²) >= 11 is 6.33. The molecule has 3 aromatic rings. The second-order valence-corrected chi connectivity index (χ2v) is 10.2. The molecule has 0 aliphatic rings. The van der Waals surface area contributed by atoms with Crippen molar-refractivity contribution in [3.05, 3.63) is 95.5 Å². The van der Waals surface area contributed by atoms with Gasteiger partial charge in [0.1, 0.15) is 6.54 Å². The molecule has 1 amide bonds. The highest BCUT2D eigenvalue weighted by atomic mass is 35.5. The second-order valence-electron chi connectivity index (χ2n) is 7.94. The molecule has 3 rings (SSSR count). The lowest BCUT2D eigenvalue weighted by molar-refractivity contribution is -0.120. The van der Waals surface area contributed by atoms with Crippen LogP contribution in [0.5, 0.6) is 0 Å². The van der Waals surface area contributed by atoms with Crippen molar-refractivity contribution >= 4 is 33.2 Å². The van der Waals surface area contributed by atoms with Crippen LogP contribution >= 0.6 is 11.6 Å². The summed E-state index contributed by atoms with van der Waals surface area (Å²) in [5.41, 5.74) is 1.23. The maximum absolute atomic E-state index is 13.4. The van der Waals surface area contributed by atoms with E-state index in [1.165, 1.54) is 12.1 Å². The van der Waals surface area contributed by atoms with E-state index in [1.54, 1.807) is 42.5 Å². The predicted molar refractivity (Wildman–Crippen MR) is 129 cm³/mol. The van der Waals surface area contributed by atoms with Crippen LogP contribution in [0.15, 0.2) is 89.8 Å². The van der Waals surface area contributed by atoms with Gasteiger partial charge in [0.05, 0.1) is 21.6 Å². The molecule has 0 fully saturated rings. The molecule has 0 spiro atoms. The van der Waals surface area contributed by atoms with Crippen LogP contribution in [-0.4, -0.2) is 20.9 Å². The average molecular weight is 471 g/mol. The van der Waals surface area contributed by atoms with Gasteiger partial charge in [0, 0.05) is 0 Å². The van der Waals surface area contributed by atoms with E-state index < -0.39 is 15.9 Å². The van der Waals surface area contributed by atoms with Crippen molar-refractivity contribution in [2.24, 2.45) is 5.92 Å². The highest BCUT2D eigenvalue weighted by Crippen LogP contribution is 2.30. The molecule has 7 heteroatoms. The van der Waals surface area contributed by atoms with Crippen molar-refractivity contribution < 1.29 is 13.2 Å². The van der Waals surface area contributed by atoms with Crippen LogP contribution in [0.2, 0.25) is 5.02 Å². The van der Waals surface area contributed by atoms with E-state index in [2.05, 4.69) is 19.2 Å². The number of hydrogen-bond donors (Lipinski definition) is 1. The van der Waals surface area contributed by atoms with Gasteiger partial charge in [-0.2, -0.15) is 0 Å². The molecule has 1 atom stereocenters.